The van der Waals surface area contributed by atoms with Crippen molar-refractivity contribution in [2.45, 2.75) is 240 Å². The van der Waals surface area contributed by atoms with Crippen molar-refractivity contribution in [1.82, 2.24) is 0 Å². The average molecular weight is 1230 g/mol. The fourth-order valence-corrected chi connectivity index (χ4v) is 17.4. The zero-order valence-electron chi connectivity index (χ0n) is 48.8. The third-order valence-corrected chi connectivity index (χ3v) is 22.6. The highest BCUT2D eigenvalue weighted by atomic mass is 16.8. The maximum atomic E-state index is 15.4. The van der Waals surface area contributed by atoms with E-state index in [4.69, 9.17) is 47.4 Å². The zero-order chi connectivity index (χ0) is 62.1. The molecule has 0 aromatic heterocycles. The average Bonchev–Trinajstić information content (AvgIpc) is 0.951. The summed E-state index contributed by atoms with van der Waals surface area (Å²) >= 11 is 0. The van der Waals surface area contributed by atoms with Crippen LogP contribution in [0.1, 0.15) is 92.9 Å². The van der Waals surface area contributed by atoms with Gasteiger partial charge in [0.1, 0.15) is 90.4 Å². The molecule has 5 aliphatic carbocycles. The molecule has 0 aromatic carbocycles. The Labute approximate surface area is 491 Å². The largest absolute Gasteiger partial charge is 0.432 e. The molecule has 17 N–H and O–H groups in total. The molecule has 5 saturated heterocycles. The number of allylic oxidation sites excluding steroid dienone is 2. The lowest BCUT2D eigenvalue weighted by molar-refractivity contribution is -0.372. The number of aliphatic hydroxyl groups is 17. The van der Waals surface area contributed by atoms with Crippen molar-refractivity contribution >= 4 is 5.97 Å². The van der Waals surface area contributed by atoms with Crippen LogP contribution in [0.2, 0.25) is 0 Å². The van der Waals surface area contributed by atoms with E-state index in [0.717, 1.165) is 5.57 Å². The smallest absolute Gasteiger partial charge is 0.317 e. The van der Waals surface area contributed by atoms with E-state index >= 15 is 4.79 Å². The molecule has 10 aliphatic rings. The minimum atomic E-state index is -2.08. The standard InChI is InChI=1S/C57H92O28/c1-23-40(81-45-39(72)41(28(64)18-76-45)82-49-43(73)56(75,21-61)22-78-49)36(69)38(71)46(79-23)83-42-33(66)27(63)17-77-48(42)85-50(74)57-12-11-51(2,3)13-25(57)24-7-8-30-52(4)14-26(62)44(84-47-37(70)35(68)34(67)29(16-58)80-47)55(19-59,20-60)31(52)9-10-53(30,5)54(24,6)15-32(57)65/h7,23,25-49,58-73,75H,8-22H2,1-6H3/t23-,25-,26-,27-,28+,29+,30+,31+,32?,33-,34+,35-,36-,37+,38+,39+,40-,41-,42+,43-,44-,45-,46-,47-,48-,49-,52+,53?,54?,56+,57+/m0/s1. The second-order valence-electron chi connectivity index (χ2n) is 27.9. The van der Waals surface area contributed by atoms with Crippen LogP contribution in [0, 0.1) is 50.2 Å². The molecule has 9 fully saturated rings. The van der Waals surface area contributed by atoms with Gasteiger partial charge >= 0.3 is 5.97 Å². The molecule has 0 amide bonds. The summed E-state index contributed by atoms with van der Waals surface area (Å²) in [7, 11) is 0. The third-order valence-electron chi connectivity index (χ3n) is 22.6. The van der Waals surface area contributed by atoms with Gasteiger partial charge in [0.2, 0.25) is 6.29 Å². The molecule has 5 heterocycles. The number of carbonyl (C=O) groups is 1. The predicted octanol–water partition coefficient (Wildman–Crippen LogP) is -5.38. The SMILES string of the molecule is C[C@@H]1O[C@@H](O[C@H]2[C@H](OC(=O)[C@]34CCC(C)(C)C[C@H]3C3=CC[C@H]5C(C)(CC[C@H]6C(CO)(CO)[C@@H](O[C@@H]7O[C@H](CO)[C@@H](O)[C@H](O)[C@H]7O)[C@@H](O)C[C@@]65C)C3(C)CC4O)OC[C@H](O)[C@@H]2O)[C@H](O)[C@H](O)[C@H]1O[C@@H]1OC[C@@H](O)[C@H](O[C@@H]2OC[C@](O)(CO)[C@H]2O)[C@H]1O. The van der Waals surface area contributed by atoms with Gasteiger partial charge in [0, 0.05) is 5.41 Å². The fraction of sp³-hybridized carbons (Fsp3) is 0.947. The van der Waals surface area contributed by atoms with Crippen molar-refractivity contribution in [2.75, 3.05) is 46.2 Å². The number of fused-ring (bicyclic) bond motifs is 7. The summed E-state index contributed by atoms with van der Waals surface area (Å²) in [5.41, 5.74) is -6.87. The van der Waals surface area contributed by atoms with Crippen LogP contribution >= 0.6 is 0 Å². The summed E-state index contributed by atoms with van der Waals surface area (Å²) in [4.78, 5) is 15.4. The number of ether oxygens (including phenoxy) is 10. The van der Waals surface area contributed by atoms with E-state index in [1.807, 2.05) is 6.92 Å². The molecule has 0 spiro atoms. The van der Waals surface area contributed by atoms with E-state index in [1.165, 1.54) is 6.92 Å². The molecule has 0 radical (unpaired) electrons. The van der Waals surface area contributed by atoms with E-state index in [2.05, 4.69) is 33.8 Å². The molecule has 28 heteroatoms. The van der Waals surface area contributed by atoms with E-state index in [1.54, 1.807) is 0 Å². The zero-order valence-corrected chi connectivity index (χ0v) is 48.8. The van der Waals surface area contributed by atoms with E-state index < -0.39 is 238 Å². The Morgan fingerprint density at radius 2 is 1.24 bits per heavy atom. The molecule has 5 aliphatic heterocycles. The monoisotopic (exact) mass is 1220 g/mol. The van der Waals surface area contributed by atoms with Gasteiger partial charge in [0.25, 0.3) is 0 Å². The Balaban J connectivity index is 0.864. The molecule has 0 aromatic rings. The molecule has 10 rings (SSSR count). The minimum Gasteiger partial charge on any atom is -0.432 e. The van der Waals surface area contributed by atoms with E-state index in [9.17, 15) is 86.8 Å². The second-order valence-corrected chi connectivity index (χ2v) is 27.9. The van der Waals surface area contributed by atoms with Gasteiger partial charge in [-0.2, -0.15) is 0 Å². The molecule has 31 atom stereocenters. The van der Waals surface area contributed by atoms with Crippen LogP contribution in [0.25, 0.3) is 0 Å². The van der Waals surface area contributed by atoms with Crippen LogP contribution in [0.3, 0.4) is 0 Å². The highest BCUT2D eigenvalue weighted by Gasteiger charge is 2.74. The third kappa shape index (κ3) is 10.6. The van der Waals surface area contributed by atoms with Crippen LogP contribution in [0.5, 0.6) is 0 Å². The Bertz CT molecular complexity index is 2380. The Hall–Kier alpha value is -1.83. The molecule has 0 bridgehead atoms. The molecular weight excluding hydrogens is 1130 g/mol. The van der Waals surface area contributed by atoms with E-state index in [0.29, 0.717) is 32.1 Å². The van der Waals surface area contributed by atoms with Gasteiger partial charge in [-0.25, -0.2) is 0 Å². The highest BCUT2D eigenvalue weighted by Crippen LogP contribution is 2.76. The predicted molar refractivity (Wildman–Crippen MR) is 282 cm³/mol. The number of carbonyl (C=O) groups excluding carboxylic acids is 1. The molecule has 85 heavy (non-hydrogen) atoms. The molecule has 28 nitrogen and oxygen atoms in total. The quantitative estimate of drug-likeness (QED) is 0.0439. The van der Waals surface area contributed by atoms with Gasteiger partial charge in [-0.1, -0.05) is 46.3 Å². The molecule has 4 saturated carbocycles. The molecule has 488 valence electrons. The van der Waals surface area contributed by atoms with Crippen molar-refractivity contribution in [1.29, 1.82) is 0 Å². The summed E-state index contributed by atoms with van der Waals surface area (Å²) in [5, 5.41) is 188. The van der Waals surface area contributed by atoms with Gasteiger partial charge in [-0.05, 0) is 97.7 Å². The molecule has 3 unspecified atom stereocenters. The first-order chi connectivity index (χ1) is 39.9. The van der Waals surface area contributed by atoms with Crippen molar-refractivity contribution in [3.8, 4) is 0 Å². The highest BCUT2D eigenvalue weighted by molar-refractivity contribution is 5.80. The van der Waals surface area contributed by atoms with Gasteiger partial charge in [0.05, 0.1) is 70.7 Å². The lowest BCUT2D eigenvalue weighted by Crippen LogP contribution is -2.71. The lowest BCUT2D eigenvalue weighted by atomic mass is 9.33. The van der Waals surface area contributed by atoms with E-state index in [-0.39, 0.29) is 30.6 Å². The number of esters is 1. The maximum Gasteiger partial charge on any atom is 0.317 e. The summed E-state index contributed by atoms with van der Waals surface area (Å²) in [6.45, 7) is 7.41. The van der Waals surface area contributed by atoms with Crippen LogP contribution in [-0.4, -0.2) is 286 Å². The normalized spacial score (nSPS) is 54.0. The van der Waals surface area contributed by atoms with Crippen LogP contribution in [-0.2, 0) is 52.2 Å². The molecular formula is C57H92O28. The first kappa shape index (κ1) is 66.1. The summed E-state index contributed by atoms with van der Waals surface area (Å²) < 4.78 is 58.5. The van der Waals surface area contributed by atoms with Crippen LogP contribution in [0.4, 0.5) is 0 Å². The van der Waals surface area contributed by atoms with Gasteiger partial charge < -0.3 is 134 Å². The topological polar surface area (TPSA) is 453 Å². The summed E-state index contributed by atoms with van der Waals surface area (Å²) in [6.07, 6.45) is -32.8. The van der Waals surface area contributed by atoms with Crippen LogP contribution in [0.15, 0.2) is 11.6 Å². The van der Waals surface area contributed by atoms with Crippen molar-refractivity contribution < 1.29 is 139 Å². The van der Waals surface area contributed by atoms with Crippen molar-refractivity contribution in [3.63, 3.8) is 0 Å². The second kappa shape index (κ2) is 24.0. The fourth-order valence-electron chi connectivity index (χ4n) is 17.4. The maximum absolute atomic E-state index is 15.4. The first-order valence-corrected chi connectivity index (χ1v) is 29.9. The van der Waals surface area contributed by atoms with Crippen molar-refractivity contribution in [2.24, 2.45) is 50.2 Å². The Kier molecular flexibility index (Phi) is 18.7. The number of rotatable bonds is 14. The minimum absolute atomic E-state index is 0.0767. The number of hydrogen-bond acceptors (Lipinski definition) is 28. The van der Waals surface area contributed by atoms with Crippen molar-refractivity contribution in [3.05, 3.63) is 11.6 Å². The number of hydrogen-bond donors (Lipinski definition) is 17. The lowest BCUT2D eigenvalue weighted by Gasteiger charge is -2.72. The summed E-state index contributed by atoms with van der Waals surface area (Å²) in [6, 6.07) is 0. The Morgan fingerprint density at radius 1 is 0.600 bits per heavy atom. The van der Waals surface area contributed by atoms with Crippen LogP contribution < -0.4 is 0 Å². The van der Waals surface area contributed by atoms with Gasteiger partial charge in [0.15, 0.2) is 31.3 Å². The Morgan fingerprint density at radius 3 is 1.89 bits per heavy atom. The van der Waals surface area contributed by atoms with Gasteiger partial charge in [-0.3, -0.25) is 4.79 Å². The first-order valence-electron chi connectivity index (χ1n) is 29.9. The summed E-state index contributed by atoms with van der Waals surface area (Å²) in [5.74, 6) is -2.25. The van der Waals surface area contributed by atoms with Gasteiger partial charge in [-0.15, -0.1) is 0 Å². The number of aliphatic hydroxyl groups excluding tert-OH is 16.